The summed E-state index contributed by atoms with van der Waals surface area (Å²) in [6, 6.07) is 9.46. The van der Waals surface area contributed by atoms with Crippen molar-refractivity contribution in [2.75, 3.05) is 6.54 Å². The topological polar surface area (TPSA) is 12.0 Å². The van der Waals surface area contributed by atoms with Gasteiger partial charge >= 0.3 is 0 Å². The van der Waals surface area contributed by atoms with E-state index in [1.165, 1.54) is 6.07 Å². The van der Waals surface area contributed by atoms with Gasteiger partial charge < -0.3 is 5.32 Å². The molecule has 0 radical (unpaired) electrons. The quantitative estimate of drug-likeness (QED) is 0.751. The van der Waals surface area contributed by atoms with Gasteiger partial charge in [0, 0.05) is 21.1 Å². The van der Waals surface area contributed by atoms with E-state index in [9.17, 15) is 8.78 Å². The van der Waals surface area contributed by atoms with Crippen molar-refractivity contribution in [3.05, 3.63) is 68.7 Å². The van der Waals surface area contributed by atoms with Crippen molar-refractivity contribution in [1.82, 2.24) is 5.32 Å². The summed E-state index contributed by atoms with van der Waals surface area (Å²) < 4.78 is 28.3. The smallest absolute Gasteiger partial charge is 0.163 e. The monoisotopic (exact) mass is 373 g/mol. The Labute approximate surface area is 136 Å². The predicted molar refractivity (Wildman–Crippen MR) is 85.6 cm³/mol. The molecule has 112 valence electrons. The number of hydrogen-bond acceptors (Lipinski definition) is 1. The summed E-state index contributed by atoms with van der Waals surface area (Å²) in [5.74, 6) is -1.64. The third kappa shape index (κ3) is 4.02. The largest absolute Gasteiger partial charge is 0.310 e. The molecule has 0 saturated carbocycles. The number of halogens is 4. The molecule has 0 fully saturated rings. The Kier molecular flexibility index (Phi) is 5.73. The van der Waals surface area contributed by atoms with E-state index >= 15 is 0 Å². The van der Waals surface area contributed by atoms with Gasteiger partial charge in [-0.25, -0.2) is 8.78 Å². The second kappa shape index (κ2) is 7.34. The molecule has 0 bridgehead atoms. The minimum absolute atomic E-state index is 0.316. The lowest BCUT2D eigenvalue weighted by Gasteiger charge is -2.20. The Hall–Kier alpha value is -0.970. The first kappa shape index (κ1) is 16.4. The maximum absolute atomic E-state index is 14.0. The molecule has 1 nitrogen and oxygen atoms in total. The molecule has 0 aliphatic carbocycles. The molecule has 0 spiro atoms. The summed E-state index contributed by atoms with van der Waals surface area (Å²) >= 11 is 9.56. The zero-order valence-corrected chi connectivity index (χ0v) is 13.8. The zero-order valence-electron chi connectivity index (χ0n) is 11.5. The molecular weight excluding hydrogens is 360 g/mol. The van der Waals surface area contributed by atoms with E-state index in [0.717, 1.165) is 16.1 Å². The van der Waals surface area contributed by atoms with Crippen molar-refractivity contribution in [2.45, 2.75) is 19.4 Å². The van der Waals surface area contributed by atoms with Gasteiger partial charge in [0.1, 0.15) is 0 Å². The molecule has 0 aliphatic rings. The highest BCUT2D eigenvalue weighted by atomic mass is 79.9. The van der Waals surface area contributed by atoms with Crippen LogP contribution in [-0.4, -0.2) is 6.54 Å². The number of likely N-dealkylation sites (N-methyl/N-ethyl adjacent to an activating group) is 1. The molecule has 1 unspecified atom stereocenters. The Balaban J connectivity index is 2.33. The number of nitrogens with one attached hydrogen (secondary N) is 1. The summed E-state index contributed by atoms with van der Waals surface area (Å²) in [7, 11) is 0. The van der Waals surface area contributed by atoms with Gasteiger partial charge in [0.05, 0.1) is 0 Å². The number of hydrogen-bond donors (Lipinski definition) is 1. The molecule has 1 N–H and O–H groups in total. The van der Waals surface area contributed by atoms with Crippen LogP contribution >= 0.6 is 27.5 Å². The van der Waals surface area contributed by atoms with Crippen LogP contribution in [0.4, 0.5) is 8.78 Å². The van der Waals surface area contributed by atoms with Crippen LogP contribution in [0.1, 0.15) is 24.1 Å². The maximum Gasteiger partial charge on any atom is 0.163 e. The standard InChI is InChI=1S/C16H15BrClF2N/c1-2-21-15(12-4-3-5-14(19)16(12)20)8-10-6-7-11(17)9-13(10)18/h3-7,9,15,21H,2,8H2,1H3. The van der Waals surface area contributed by atoms with Crippen LogP contribution in [0.5, 0.6) is 0 Å². The maximum atomic E-state index is 14.0. The van der Waals surface area contributed by atoms with E-state index < -0.39 is 11.6 Å². The number of rotatable bonds is 5. The third-order valence-electron chi connectivity index (χ3n) is 3.25. The van der Waals surface area contributed by atoms with Gasteiger partial charge in [0.25, 0.3) is 0 Å². The van der Waals surface area contributed by atoms with Crippen molar-refractivity contribution in [1.29, 1.82) is 0 Å². The highest BCUT2D eigenvalue weighted by Crippen LogP contribution is 2.28. The highest BCUT2D eigenvalue weighted by Gasteiger charge is 2.19. The van der Waals surface area contributed by atoms with Crippen molar-refractivity contribution in [2.24, 2.45) is 0 Å². The first-order valence-corrected chi connectivity index (χ1v) is 7.81. The van der Waals surface area contributed by atoms with E-state index in [1.807, 2.05) is 19.1 Å². The van der Waals surface area contributed by atoms with Crippen LogP contribution in [0.2, 0.25) is 5.02 Å². The minimum Gasteiger partial charge on any atom is -0.310 e. The van der Waals surface area contributed by atoms with E-state index in [1.54, 1.807) is 12.1 Å². The molecule has 2 rings (SSSR count). The molecular formula is C16H15BrClF2N. The molecule has 21 heavy (non-hydrogen) atoms. The third-order valence-corrected chi connectivity index (χ3v) is 4.09. The van der Waals surface area contributed by atoms with Crippen LogP contribution in [-0.2, 0) is 6.42 Å². The average molecular weight is 375 g/mol. The lowest BCUT2D eigenvalue weighted by Crippen LogP contribution is -2.24. The van der Waals surface area contributed by atoms with Crippen LogP contribution < -0.4 is 5.32 Å². The fourth-order valence-electron chi connectivity index (χ4n) is 2.24. The summed E-state index contributed by atoms with van der Waals surface area (Å²) in [5, 5.41) is 3.78. The van der Waals surface area contributed by atoms with Crippen LogP contribution in [0.25, 0.3) is 0 Å². The molecule has 0 aliphatic heterocycles. The van der Waals surface area contributed by atoms with Crippen molar-refractivity contribution >= 4 is 27.5 Å². The Morgan fingerprint density at radius 3 is 2.67 bits per heavy atom. The normalized spacial score (nSPS) is 12.4. The predicted octanol–water partition coefficient (Wildman–Crippen LogP) is 5.27. The SMILES string of the molecule is CCNC(Cc1ccc(Br)cc1Cl)c1cccc(F)c1F. The zero-order chi connectivity index (χ0) is 15.4. The summed E-state index contributed by atoms with van der Waals surface area (Å²) in [5.41, 5.74) is 1.20. The van der Waals surface area contributed by atoms with E-state index in [0.29, 0.717) is 23.6 Å². The summed E-state index contributed by atoms with van der Waals surface area (Å²) in [6.07, 6.45) is 0.486. The van der Waals surface area contributed by atoms with E-state index in [-0.39, 0.29) is 6.04 Å². The van der Waals surface area contributed by atoms with Crippen LogP contribution in [0, 0.1) is 11.6 Å². The Morgan fingerprint density at radius 1 is 1.24 bits per heavy atom. The van der Waals surface area contributed by atoms with Crippen LogP contribution in [0.15, 0.2) is 40.9 Å². The van der Waals surface area contributed by atoms with Gasteiger partial charge in [0.2, 0.25) is 0 Å². The lowest BCUT2D eigenvalue weighted by atomic mass is 9.98. The van der Waals surface area contributed by atoms with Gasteiger partial charge in [-0.2, -0.15) is 0 Å². The van der Waals surface area contributed by atoms with Crippen LogP contribution in [0.3, 0.4) is 0 Å². The fraction of sp³-hybridized carbons (Fsp3) is 0.250. The second-order valence-corrected chi connectivity index (χ2v) is 6.02. The summed E-state index contributed by atoms with van der Waals surface area (Å²) in [6.45, 7) is 2.57. The van der Waals surface area contributed by atoms with Gasteiger partial charge in [-0.15, -0.1) is 0 Å². The molecule has 1 atom stereocenters. The average Bonchev–Trinajstić information content (AvgIpc) is 2.44. The lowest BCUT2D eigenvalue weighted by molar-refractivity contribution is 0.464. The first-order valence-electron chi connectivity index (χ1n) is 6.64. The first-order chi connectivity index (χ1) is 10.0. The molecule has 5 heteroatoms. The van der Waals surface area contributed by atoms with E-state index in [2.05, 4.69) is 21.2 Å². The number of benzene rings is 2. The van der Waals surface area contributed by atoms with Crippen molar-refractivity contribution in [3.8, 4) is 0 Å². The van der Waals surface area contributed by atoms with Gasteiger partial charge in [-0.1, -0.05) is 52.7 Å². The highest BCUT2D eigenvalue weighted by molar-refractivity contribution is 9.10. The molecule has 0 aromatic heterocycles. The second-order valence-electron chi connectivity index (χ2n) is 4.69. The minimum atomic E-state index is -0.836. The molecule has 0 heterocycles. The molecule has 2 aromatic rings. The van der Waals surface area contributed by atoms with Gasteiger partial charge in [0.15, 0.2) is 11.6 Å². The molecule has 0 amide bonds. The van der Waals surface area contributed by atoms with Crippen molar-refractivity contribution < 1.29 is 8.78 Å². The Bertz CT molecular complexity index is 634. The fourth-order valence-corrected chi connectivity index (χ4v) is 2.99. The summed E-state index contributed by atoms with van der Waals surface area (Å²) in [4.78, 5) is 0. The molecule has 2 aromatic carbocycles. The van der Waals surface area contributed by atoms with E-state index in [4.69, 9.17) is 11.6 Å². The van der Waals surface area contributed by atoms with Crippen molar-refractivity contribution in [3.63, 3.8) is 0 Å². The Morgan fingerprint density at radius 2 is 2.00 bits per heavy atom. The molecule has 0 saturated heterocycles. The van der Waals surface area contributed by atoms with Gasteiger partial charge in [-0.3, -0.25) is 0 Å². The van der Waals surface area contributed by atoms with Gasteiger partial charge in [-0.05, 0) is 36.7 Å².